The van der Waals surface area contributed by atoms with Gasteiger partial charge in [0.1, 0.15) is 5.82 Å². The predicted molar refractivity (Wildman–Crippen MR) is 90.3 cm³/mol. The van der Waals surface area contributed by atoms with Crippen LogP contribution in [0, 0.1) is 0 Å². The van der Waals surface area contributed by atoms with Crippen molar-refractivity contribution in [1.82, 2.24) is 15.0 Å². The molecule has 2 aromatic rings. The first-order chi connectivity index (χ1) is 11.8. The van der Waals surface area contributed by atoms with Crippen molar-refractivity contribution in [3.63, 3.8) is 0 Å². The second-order valence-electron chi connectivity index (χ2n) is 5.22. The Balaban J connectivity index is 1.69. The molecule has 1 aliphatic heterocycles. The highest BCUT2D eigenvalue weighted by molar-refractivity contribution is 5.75. The minimum Gasteiger partial charge on any atom is -0.477 e. The summed E-state index contributed by atoms with van der Waals surface area (Å²) >= 11 is 0. The topological polar surface area (TPSA) is 98.8 Å². The second kappa shape index (κ2) is 8.21. The minimum atomic E-state index is 0.425. The molecule has 1 aliphatic rings. The fourth-order valence-corrected chi connectivity index (χ4v) is 2.39. The highest BCUT2D eigenvalue weighted by Crippen LogP contribution is 2.18. The van der Waals surface area contributed by atoms with Gasteiger partial charge in [-0.3, -0.25) is 4.98 Å². The lowest BCUT2D eigenvalue weighted by Gasteiger charge is -2.28. The van der Waals surface area contributed by atoms with Crippen LogP contribution >= 0.6 is 0 Å². The van der Waals surface area contributed by atoms with Crippen molar-refractivity contribution in [3.05, 3.63) is 42.0 Å². The van der Waals surface area contributed by atoms with Gasteiger partial charge in [0.25, 0.3) is 0 Å². The number of rotatable bonds is 6. The van der Waals surface area contributed by atoms with Crippen molar-refractivity contribution in [2.75, 3.05) is 37.8 Å². The summed E-state index contributed by atoms with van der Waals surface area (Å²) in [5.74, 6) is 6.93. The molecule has 8 nitrogen and oxygen atoms in total. The number of anilines is 1. The maximum absolute atomic E-state index is 5.78. The van der Waals surface area contributed by atoms with Gasteiger partial charge in [-0.2, -0.15) is 10.1 Å². The van der Waals surface area contributed by atoms with Crippen molar-refractivity contribution in [1.29, 1.82) is 0 Å². The lowest BCUT2D eigenvalue weighted by molar-refractivity contribution is 0.122. The number of ether oxygens (including phenoxy) is 2. The van der Waals surface area contributed by atoms with Crippen LogP contribution in [-0.4, -0.2) is 54.1 Å². The molecular formula is C16H20N6O2. The molecule has 3 rings (SSSR count). The molecule has 0 aliphatic carbocycles. The van der Waals surface area contributed by atoms with Gasteiger partial charge in [-0.1, -0.05) is 6.07 Å². The van der Waals surface area contributed by atoms with Gasteiger partial charge in [-0.05, 0) is 12.1 Å². The number of nitrogens with two attached hydrogens (primary N) is 1. The lowest BCUT2D eigenvalue weighted by Crippen LogP contribution is -2.37. The molecule has 8 heteroatoms. The Kier molecular flexibility index (Phi) is 5.52. The van der Waals surface area contributed by atoms with Crippen LogP contribution < -0.4 is 15.5 Å². The smallest absolute Gasteiger partial charge is 0.219 e. The predicted octanol–water partition coefficient (Wildman–Crippen LogP) is 0.622. The van der Waals surface area contributed by atoms with E-state index in [9.17, 15) is 0 Å². The third kappa shape index (κ3) is 4.39. The molecule has 0 aromatic carbocycles. The van der Waals surface area contributed by atoms with Crippen LogP contribution in [0.1, 0.15) is 11.5 Å². The lowest BCUT2D eigenvalue weighted by atomic mass is 10.3. The average molecular weight is 328 g/mol. The number of nitrogens with zero attached hydrogens (tertiary/aromatic N) is 5. The van der Waals surface area contributed by atoms with Crippen molar-refractivity contribution in [2.45, 2.75) is 6.42 Å². The third-order valence-corrected chi connectivity index (χ3v) is 3.57. The van der Waals surface area contributed by atoms with Crippen molar-refractivity contribution in [2.24, 2.45) is 10.9 Å². The molecule has 0 radical (unpaired) electrons. The molecule has 0 amide bonds. The summed E-state index contributed by atoms with van der Waals surface area (Å²) in [5, 5.41) is 3.50. The number of morpholine rings is 1. The van der Waals surface area contributed by atoms with Crippen LogP contribution in [0.15, 0.2) is 35.6 Å². The van der Waals surface area contributed by atoms with E-state index in [0.29, 0.717) is 37.9 Å². The quantitative estimate of drug-likeness (QED) is 0.471. The molecule has 0 saturated carbocycles. The van der Waals surface area contributed by atoms with Gasteiger partial charge >= 0.3 is 0 Å². The number of pyridine rings is 1. The molecule has 126 valence electrons. The molecule has 0 spiro atoms. The summed E-state index contributed by atoms with van der Waals surface area (Å²) in [6.45, 7) is 3.41. The first-order valence-corrected chi connectivity index (χ1v) is 7.83. The Morgan fingerprint density at radius 1 is 1.29 bits per heavy atom. The van der Waals surface area contributed by atoms with Crippen molar-refractivity contribution < 1.29 is 9.47 Å². The van der Waals surface area contributed by atoms with Crippen molar-refractivity contribution >= 4 is 12.0 Å². The van der Waals surface area contributed by atoms with Crippen LogP contribution in [-0.2, 0) is 11.2 Å². The Hall–Kier alpha value is -2.74. The first-order valence-electron chi connectivity index (χ1n) is 7.83. The molecule has 2 aromatic heterocycles. The summed E-state index contributed by atoms with van der Waals surface area (Å²) in [4.78, 5) is 15.2. The molecule has 24 heavy (non-hydrogen) atoms. The average Bonchev–Trinajstić information content (AvgIpc) is 2.63. The van der Waals surface area contributed by atoms with E-state index in [-0.39, 0.29) is 0 Å². The van der Waals surface area contributed by atoms with E-state index in [2.05, 4.69) is 25.0 Å². The zero-order valence-electron chi connectivity index (χ0n) is 13.3. The first kappa shape index (κ1) is 16.1. The summed E-state index contributed by atoms with van der Waals surface area (Å²) in [5.41, 5.74) is 0.976. The molecule has 0 unspecified atom stereocenters. The Labute approximate surface area is 140 Å². The Bertz CT molecular complexity index is 674. The fraction of sp³-hybridized carbons (Fsp3) is 0.375. The van der Waals surface area contributed by atoms with Crippen LogP contribution in [0.2, 0.25) is 0 Å². The zero-order chi connectivity index (χ0) is 16.6. The summed E-state index contributed by atoms with van der Waals surface area (Å²) in [6, 6.07) is 7.65. The van der Waals surface area contributed by atoms with Gasteiger partial charge in [0, 0.05) is 37.5 Å². The zero-order valence-corrected chi connectivity index (χ0v) is 13.3. The Morgan fingerprint density at radius 3 is 2.92 bits per heavy atom. The molecule has 1 saturated heterocycles. The van der Waals surface area contributed by atoms with Crippen LogP contribution in [0.3, 0.4) is 0 Å². The second-order valence-corrected chi connectivity index (χ2v) is 5.22. The maximum atomic E-state index is 5.78. The van der Waals surface area contributed by atoms with Crippen LogP contribution in [0.4, 0.5) is 5.82 Å². The molecular weight excluding hydrogens is 308 g/mol. The minimum absolute atomic E-state index is 0.425. The summed E-state index contributed by atoms with van der Waals surface area (Å²) < 4.78 is 11.2. The summed E-state index contributed by atoms with van der Waals surface area (Å²) in [6.07, 6.45) is 3.89. The van der Waals surface area contributed by atoms with Crippen LogP contribution in [0.5, 0.6) is 5.88 Å². The fourth-order valence-electron chi connectivity index (χ4n) is 2.39. The largest absolute Gasteiger partial charge is 0.477 e. The molecule has 1 fully saturated rings. The highest BCUT2D eigenvalue weighted by Gasteiger charge is 2.15. The van der Waals surface area contributed by atoms with Gasteiger partial charge in [0.15, 0.2) is 5.82 Å². The van der Waals surface area contributed by atoms with E-state index < -0.39 is 0 Å². The van der Waals surface area contributed by atoms with E-state index in [4.69, 9.17) is 15.3 Å². The molecule has 2 N–H and O–H groups in total. The highest BCUT2D eigenvalue weighted by atomic mass is 16.5. The van der Waals surface area contributed by atoms with Gasteiger partial charge in [-0.25, -0.2) is 4.98 Å². The number of aromatic nitrogens is 3. The number of hydrogen-bond donors (Lipinski definition) is 1. The number of hydrogen-bond acceptors (Lipinski definition) is 8. The Morgan fingerprint density at radius 2 is 2.17 bits per heavy atom. The van der Waals surface area contributed by atoms with E-state index >= 15 is 0 Å². The van der Waals surface area contributed by atoms with Crippen LogP contribution in [0.25, 0.3) is 0 Å². The van der Waals surface area contributed by atoms with E-state index in [1.807, 2.05) is 24.3 Å². The van der Waals surface area contributed by atoms with E-state index in [0.717, 1.165) is 24.6 Å². The number of hydrazone groups is 1. The monoisotopic (exact) mass is 328 g/mol. The molecule has 3 heterocycles. The SMILES string of the molecule is N/N=C/c1nc(OCCc2ccccn2)cc(N2CCOCC2)n1. The molecule has 0 atom stereocenters. The van der Waals surface area contributed by atoms with E-state index in [1.54, 1.807) is 6.20 Å². The third-order valence-electron chi connectivity index (χ3n) is 3.57. The summed E-state index contributed by atoms with van der Waals surface area (Å²) in [7, 11) is 0. The van der Waals surface area contributed by atoms with Gasteiger partial charge < -0.3 is 20.2 Å². The van der Waals surface area contributed by atoms with Gasteiger partial charge in [-0.15, -0.1) is 0 Å². The maximum Gasteiger partial charge on any atom is 0.219 e. The normalized spacial score (nSPS) is 14.9. The van der Waals surface area contributed by atoms with Gasteiger partial charge in [0.05, 0.1) is 26.0 Å². The molecule has 0 bridgehead atoms. The van der Waals surface area contributed by atoms with Crippen molar-refractivity contribution in [3.8, 4) is 5.88 Å². The van der Waals surface area contributed by atoms with Gasteiger partial charge in [0.2, 0.25) is 5.88 Å². The van der Waals surface area contributed by atoms with E-state index in [1.165, 1.54) is 6.21 Å². The standard InChI is InChI=1S/C16H20N6O2/c17-19-12-14-20-15(22-6-9-23-10-7-22)11-16(21-14)24-8-4-13-3-1-2-5-18-13/h1-3,5,11-12H,4,6-10,17H2/b19-12+.